The molecule has 0 saturated heterocycles. The summed E-state index contributed by atoms with van der Waals surface area (Å²) in [4.78, 5) is 12.3. The van der Waals surface area contributed by atoms with Crippen molar-refractivity contribution in [2.24, 2.45) is 0 Å². The van der Waals surface area contributed by atoms with Gasteiger partial charge in [-0.3, -0.25) is 4.79 Å². The molecule has 0 saturated carbocycles. The third kappa shape index (κ3) is 4.16. The molecule has 4 heteroatoms. The van der Waals surface area contributed by atoms with Gasteiger partial charge in [-0.25, -0.2) is 0 Å². The summed E-state index contributed by atoms with van der Waals surface area (Å²) in [5.74, 6) is -0.0868. The van der Waals surface area contributed by atoms with Crippen LogP contribution in [-0.2, 0) is 11.3 Å². The van der Waals surface area contributed by atoms with Gasteiger partial charge in [0, 0.05) is 17.1 Å². The van der Waals surface area contributed by atoms with E-state index in [1.807, 2.05) is 49.4 Å². The first-order valence-electron chi connectivity index (χ1n) is 6.75. The minimum atomic E-state index is -0.0868. The molecular weight excluding hydrogens is 330 g/mol. The summed E-state index contributed by atoms with van der Waals surface area (Å²) < 4.78 is 6.08. The van der Waals surface area contributed by atoms with E-state index in [2.05, 4.69) is 21.2 Å². The number of carbonyl (C=O) groups excluding carboxylic acids is 1. The molecule has 0 aliphatic carbocycles. The smallest absolute Gasteiger partial charge is 0.251 e. The Balaban J connectivity index is 2.11. The number of amides is 1. The molecule has 1 atom stereocenters. The highest BCUT2D eigenvalue weighted by atomic mass is 79.9. The predicted molar refractivity (Wildman–Crippen MR) is 87.2 cm³/mol. The standard InChI is InChI=1S/C17H18BrNO2/c1-12(15-8-3-4-9-16(15)18)19-17(20)14-7-5-6-13(10-14)11-21-2/h3-10,12H,11H2,1-2H3,(H,19,20). The molecule has 2 aromatic carbocycles. The first-order valence-corrected chi connectivity index (χ1v) is 7.54. The second kappa shape index (κ2) is 7.38. The van der Waals surface area contributed by atoms with Gasteiger partial charge in [0.15, 0.2) is 0 Å². The fourth-order valence-corrected chi connectivity index (χ4v) is 2.78. The quantitative estimate of drug-likeness (QED) is 0.884. The molecule has 2 rings (SSSR count). The molecule has 0 aliphatic heterocycles. The van der Waals surface area contributed by atoms with Gasteiger partial charge in [0.25, 0.3) is 5.91 Å². The lowest BCUT2D eigenvalue weighted by Gasteiger charge is -2.16. The largest absolute Gasteiger partial charge is 0.380 e. The Labute approximate surface area is 133 Å². The van der Waals surface area contributed by atoms with Crippen molar-refractivity contribution >= 4 is 21.8 Å². The van der Waals surface area contributed by atoms with Crippen molar-refractivity contribution < 1.29 is 9.53 Å². The topological polar surface area (TPSA) is 38.3 Å². The zero-order chi connectivity index (χ0) is 15.2. The second-order valence-corrected chi connectivity index (χ2v) is 5.70. The van der Waals surface area contributed by atoms with E-state index < -0.39 is 0 Å². The van der Waals surface area contributed by atoms with Crippen LogP contribution in [0.3, 0.4) is 0 Å². The number of nitrogens with one attached hydrogen (secondary N) is 1. The second-order valence-electron chi connectivity index (χ2n) is 4.85. The third-order valence-corrected chi connectivity index (χ3v) is 3.94. The average molecular weight is 348 g/mol. The Bertz CT molecular complexity index is 628. The molecule has 3 nitrogen and oxygen atoms in total. The highest BCUT2D eigenvalue weighted by Gasteiger charge is 2.13. The summed E-state index contributed by atoms with van der Waals surface area (Å²) in [6.45, 7) is 2.47. The molecule has 0 aliphatic rings. The van der Waals surface area contributed by atoms with Crippen molar-refractivity contribution in [3.05, 3.63) is 69.7 Å². The van der Waals surface area contributed by atoms with Gasteiger partial charge in [0.05, 0.1) is 12.6 Å². The van der Waals surface area contributed by atoms with Crippen LogP contribution in [0.15, 0.2) is 53.0 Å². The Kier molecular flexibility index (Phi) is 5.53. The first kappa shape index (κ1) is 15.7. The van der Waals surface area contributed by atoms with Crippen LogP contribution in [0.5, 0.6) is 0 Å². The van der Waals surface area contributed by atoms with Crippen molar-refractivity contribution in [3.63, 3.8) is 0 Å². The van der Waals surface area contributed by atoms with Gasteiger partial charge in [-0.2, -0.15) is 0 Å². The van der Waals surface area contributed by atoms with Crippen molar-refractivity contribution in [1.82, 2.24) is 5.32 Å². The fourth-order valence-electron chi connectivity index (χ4n) is 2.15. The molecule has 2 aromatic rings. The van der Waals surface area contributed by atoms with Gasteiger partial charge in [-0.15, -0.1) is 0 Å². The van der Waals surface area contributed by atoms with Gasteiger partial charge in [0.1, 0.15) is 0 Å². The lowest BCUT2D eigenvalue weighted by molar-refractivity contribution is 0.0939. The van der Waals surface area contributed by atoms with Gasteiger partial charge < -0.3 is 10.1 Å². The SMILES string of the molecule is COCc1cccc(C(=O)NC(C)c2ccccc2Br)c1. The summed E-state index contributed by atoms with van der Waals surface area (Å²) in [5, 5.41) is 3.01. The number of hydrogen-bond acceptors (Lipinski definition) is 2. The Morgan fingerprint density at radius 3 is 2.71 bits per heavy atom. The number of halogens is 1. The van der Waals surface area contributed by atoms with E-state index in [0.29, 0.717) is 12.2 Å². The molecule has 110 valence electrons. The van der Waals surface area contributed by atoms with Crippen LogP contribution in [0.1, 0.15) is 34.5 Å². The van der Waals surface area contributed by atoms with E-state index >= 15 is 0 Å². The Morgan fingerprint density at radius 1 is 1.24 bits per heavy atom. The van der Waals surface area contributed by atoms with Crippen molar-refractivity contribution in [2.75, 3.05) is 7.11 Å². The van der Waals surface area contributed by atoms with Crippen LogP contribution in [-0.4, -0.2) is 13.0 Å². The average Bonchev–Trinajstić information content (AvgIpc) is 2.48. The van der Waals surface area contributed by atoms with Crippen LogP contribution < -0.4 is 5.32 Å². The Hall–Kier alpha value is -1.65. The third-order valence-electron chi connectivity index (χ3n) is 3.22. The lowest BCUT2D eigenvalue weighted by atomic mass is 10.1. The minimum absolute atomic E-state index is 0.0702. The summed E-state index contributed by atoms with van der Waals surface area (Å²) >= 11 is 3.51. The zero-order valence-electron chi connectivity index (χ0n) is 12.1. The molecule has 0 fully saturated rings. The van der Waals surface area contributed by atoms with Crippen molar-refractivity contribution in [2.45, 2.75) is 19.6 Å². The summed E-state index contributed by atoms with van der Waals surface area (Å²) in [6.07, 6.45) is 0. The highest BCUT2D eigenvalue weighted by Crippen LogP contribution is 2.23. The summed E-state index contributed by atoms with van der Waals surface area (Å²) in [7, 11) is 1.64. The maximum atomic E-state index is 12.3. The van der Waals surface area contributed by atoms with Gasteiger partial charge in [-0.05, 0) is 36.2 Å². The maximum absolute atomic E-state index is 12.3. The molecule has 1 N–H and O–H groups in total. The van der Waals surface area contributed by atoms with Gasteiger partial charge >= 0.3 is 0 Å². The molecule has 0 bridgehead atoms. The van der Waals surface area contributed by atoms with Crippen molar-refractivity contribution in [1.29, 1.82) is 0 Å². The van der Waals surface area contributed by atoms with E-state index in [9.17, 15) is 4.79 Å². The van der Waals surface area contributed by atoms with Crippen molar-refractivity contribution in [3.8, 4) is 0 Å². The molecule has 0 spiro atoms. The first-order chi connectivity index (χ1) is 10.1. The molecule has 0 aromatic heterocycles. The number of benzene rings is 2. The van der Waals surface area contributed by atoms with Crippen LogP contribution in [0, 0.1) is 0 Å². The number of methoxy groups -OCH3 is 1. The normalized spacial score (nSPS) is 12.0. The number of ether oxygens (including phenoxy) is 1. The van der Waals surface area contributed by atoms with E-state index in [0.717, 1.165) is 15.6 Å². The highest BCUT2D eigenvalue weighted by molar-refractivity contribution is 9.10. The lowest BCUT2D eigenvalue weighted by Crippen LogP contribution is -2.26. The molecule has 0 radical (unpaired) electrons. The van der Waals surface area contributed by atoms with E-state index in [1.165, 1.54) is 0 Å². The molecule has 21 heavy (non-hydrogen) atoms. The Morgan fingerprint density at radius 2 is 2.00 bits per heavy atom. The van der Waals surface area contributed by atoms with Crippen LogP contribution in [0.4, 0.5) is 0 Å². The fraction of sp³-hybridized carbons (Fsp3) is 0.235. The summed E-state index contributed by atoms with van der Waals surface area (Å²) in [6, 6.07) is 15.3. The van der Waals surface area contributed by atoms with Crippen LogP contribution in [0.2, 0.25) is 0 Å². The summed E-state index contributed by atoms with van der Waals surface area (Å²) in [5.41, 5.74) is 2.68. The predicted octanol–water partition coefficient (Wildman–Crippen LogP) is 4.09. The van der Waals surface area contributed by atoms with Crippen LogP contribution in [0.25, 0.3) is 0 Å². The molecular formula is C17H18BrNO2. The monoisotopic (exact) mass is 347 g/mol. The molecule has 0 heterocycles. The maximum Gasteiger partial charge on any atom is 0.251 e. The van der Waals surface area contributed by atoms with E-state index in [-0.39, 0.29) is 11.9 Å². The number of rotatable bonds is 5. The van der Waals surface area contributed by atoms with E-state index in [4.69, 9.17) is 4.74 Å². The number of hydrogen-bond donors (Lipinski definition) is 1. The molecule has 1 amide bonds. The minimum Gasteiger partial charge on any atom is -0.380 e. The molecule has 1 unspecified atom stereocenters. The van der Waals surface area contributed by atoms with E-state index in [1.54, 1.807) is 13.2 Å². The number of carbonyl (C=O) groups is 1. The van der Waals surface area contributed by atoms with Gasteiger partial charge in [-0.1, -0.05) is 46.3 Å². The van der Waals surface area contributed by atoms with Crippen LogP contribution >= 0.6 is 15.9 Å². The van der Waals surface area contributed by atoms with Gasteiger partial charge in [0.2, 0.25) is 0 Å². The zero-order valence-corrected chi connectivity index (χ0v) is 13.7.